The van der Waals surface area contributed by atoms with Gasteiger partial charge in [-0.1, -0.05) is 140 Å². The highest BCUT2D eigenvalue weighted by atomic mass is 16.4. The summed E-state index contributed by atoms with van der Waals surface area (Å²) < 4.78 is 19.6. The van der Waals surface area contributed by atoms with E-state index < -0.39 is 0 Å². The summed E-state index contributed by atoms with van der Waals surface area (Å²) >= 11 is 0. The minimum Gasteiger partial charge on any atom is -0.455 e. The average Bonchev–Trinajstić information content (AvgIpc) is 4.03. The molecule has 0 atom stereocenters. The van der Waals surface area contributed by atoms with Crippen LogP contribution in [0, 0.1) is 0 Å². The van der Waals surface area contributed by atoms with E-state index in [-0.39, 0.29) is 0 Å². The SMILES string of the molecule is c1ccc(-c2ccc(N(c3ccc(-c4cccc5c4oc4ccccc45)cc3)c3ccc(-c4c5oc(-c6ccccc6)nc5cc5c4oc4ccccc45)cc3)cc2)cc1. The lowest BCUT2D eigenvalue weighted by Gasteiger charge is -2.26. The van der Waals surface area contributed by atoms with Crippen LogP contribution >= 0.6 is 0 Å². The van der Waals surface area contributed by atoms with Crippen LogP contribution in [0.1, 0.15) is 0 Å². The van der Waals surface area contributed by atoms with Crippen molar-refractivity contribution in [2.45, 2.75) is 0 Å². The number of furan rings is 2. The van der Waals surface area contributed by atoms with E-state index >= 15 is 0 Å². The van der Waals surface area contributed by atoms with Crippen LogP contribution in [-0.4, -0.2) is 4.98 Å². The van der Waals surface area contributed by atoms with E-state index in [2.05, 4.69) is 144 Å². The Bertz CT molecular complexity index is 3510. The first-order valence-corrected chi connectivity index (χ1v) is 20.1. The number of oxazole rings is 1. The van der Waals surface area contributed by atoms with E-state index in [0.717, 1.165) is 99.8 Å². The molecule has 0 amide bonds. The summed E-state index contributed by atoms with van der Waals surface area (Å²) in [6, 6.07) is 71.5. The van der Waals surface area contributed by atoms with E-state index in [4.69, 9.17) is 18.2 Å². The molecule has 0 saturated heterocycles. The van der Waals surface area contributed by atoms with Gasteiger partial charge in [0, 0.05) is 49.7 Å². The maximum atomic E-state index is 6.61. The molecule has 60 heavy (non-hydrogen) atoms. The fourth-order valence-electron chi connectivity index (χ4n) is 8.63. The molecule has 0 radical (unpaired) electrons. The van der Waals surface area contributed by atoms with Crippen molar-refractivity contribution in [1.29, 1.82) is 0 Å². The van der Waals surface area contributed by atoms with Crippen molar-refractivity contribution in [3.05, 3.63) is 206 Å². The van der Waals surface area contributed by atoms with Gasteiger partial charge in [-0.25, -0.2) is 4.98 Å². The Hall–Kier alpha value is -8.15. The molecule has 0 aliphatic rings. The van der Waals surface area contributed by atoms with Crippen LogP contribution in [-0.2, 0) is 0 Å². The molecule has 5 heteroatoms. The number of fused-ring (bicyclic) bond motifs is 7. The fraction of sp³-hybridized carbons (Fsp3) is 0. The first kappa shape index (κ1) is 33.9. The number of nitrogens with zero attached hydrogens (tertiary/aromatic N) is 2. The topological polar surface area (TPSA) is 55.6 Å². The molecule has 0 aliphatic heterocycles. The highest BCUT2D eigenvalue weighted by Crippen LogP contribution is 2.44. The van der Waals surface area contributed by atoms with Gasteiger partial charge >= 0.3 is 0 Å². The number of rotatable bonds is 7. The average molecular weight is 771 g/mol. The molecule has 0 aliphatic carbocycles. The van der Waals surface area contributed by atoms with E-state index in [0.29, 0.717) is 11.5 Å². The minimum absolute atomic E-state index is 0.575. The van der Waals surface area contributed by atoms with Crippen LogP contribution in [0.5, 0.6) is 0 Å². The normalized spacial score (nSPS) is 11.7. The number of para-hydroxylation sites is 3. The predicted octanol–water partition coefficient (Wildman–Crippen LogP) is 15.8. The maximum absolute atomic E-state index is 6.61. The molecule has 282 valence electrons. The number of aromatic nitrogens is 1. The van der Waals surface area contributed by atoms with Crippen molar-refractivity contribution in [2.24, 2.45) is 0 Å². The molecule has 0 saturated carbocycles. The monoisotopic (exact) mass is 770 g/mol. The van der Waals surface area contributed by atoms with Gasteiger partial charge in [-0.15, -0.1) is 0 Å². The molecule has 5 nitrogen and oxygen atoms in total. The third-order valence-corrected chi connectivity index (χ3v) is 11.5. The van der Waals surface area contributed by atoms with E-state index in [1.807, 2.05) is 66.7 Å². The predicted molar refractivity (Wildman–Crippen MR) is 245 cm³/mol. The molecule has 0 N–H and O–H groups in total. The van der Waals surface area contributed by atoms with Gasteiger partial charge in [-0.05, 0) is 89.0 Å². The summed E-state index contributed by atoms with van der Waals surface area (Å²) in [7, 11) is 0. The fourth-order valence-corrected chi connectivity index (χ4v) is 8.63. The van der Waals surface area contributed by atoms with Gasteiger partial charge in [-0.3, -0.25) is 0 Å². The Labute approximate surface area is 345 Å². The van der Waals surface area contributed by atoms with E-state index in [9.17, 15) is 0 Å². The highest BCUT2D eigenvalue weighted by molar-refractivity contribution is 6.16. The number of benzene rings is 9. The molecule has 9 aromatic carbocycles. The zero-order chi connectivity index (χ0) is 39.6. The molecule has 0 spiro atoms. The van der Waals surface area contributed by atoms with Crippen LogP contribution in [0.25, 0.3) is 99.8 Å². The first-order valence-electron chi connectivity index (χ1n) is 20.1. The standard InChI is InChI=1S/C55H34N2O3/c1-3-12-35(13-4-1)36-22-28-40(29-23-36)57(41-30-24-37(25-31-41)43-18-11-19-46-44-16-7-9-20-49(44)58-52(43)46)42-32-26-38(27-33-42)51-53-47(45-17-8-10-21-50(45)59-53)34-48-54(51)60-55(56-48)39-14-5-2-6-15-39/h1-34H. The molecule has 12 aromatic rings. The van der Waals surface area contributed by atoms with Crippen molar-refractivity contribution in [3.8, 4) is 44.8 Å². The van der Waals surface area contributed by atoms with Gasteiger partial charge in [0.2, 0.25) is 5.89 Å². The molecule has 12 rings (SSSR count). The smallest absolute Gasteiger partial charge is 0.227 e. The van der Waals surface area contributed by atoms with E-state index in [1.165, 1.54) is 5.56 Å². The van der Waals surface area contributed by atoms with Crippen LogP contribution in [0.15, 0.2) is 220 Å². The van der Waals surface area contributed by atoms with Crippen molar-refractivity contribution in [1.82, 2.24) is 4.98 Å². The summed E-state index contributed by atoms with van der Waals surface area (Å²) in [4.78, 5) is 7.29. The van der Waals surface area contributed by atoms with Crippen molar-refractivity contribution >= 4 is 72.0 Å². The molecule has 0 unspecified atom stereocenters. The van der Waals surface area contributed by atoms with Crippen LogP contribution < -0.4 is 4.90 Å². The second-order valence-corrected chi connectivity index (χ2v) is 15.1. The molecular formula is C55H34N2O3. The third-order valence-electron chi connectivity index (χ3n) is 11.5. The largest absolute Gasteiger partial charge is 0.455 e. The van der Waals surface area contributed by atoms with Gasteiger partial charge in [0.25, 0.3) is 0 Å². The molecule has 0 fully saturated rings. The van der Waals surface area contributed by atoms with Crippen LogP contribution in [0.4, 0.5) is 17.1 Å². The zero-order valence-corrected chi connectivity index (χ0v) is 32.2. The van der Waals surface area contributed by atoms with Gasteiger partial charge < -0.3 is 18.2 Å². The summed E-state index contributed by atoms with van der Waals surface area (Å²) in [6.45, 7) is 0. The Morgan fingerprint density at radius 1 is 0.333 bits per heavy atom. The van der Waals surface area contributed by atoms with E-state index in [1.54, 1.807) is 0 Å². The molecule has 0 bridgehead atoms. The Morgan fingerprint density at radius 3 is 1.48 bits per heavy atom. The van der Waals surface area contributed by atoms with Crippen LogP contribution in [0.3, 0.4) is 0 Å². The van der Waals surface area contributed by atoms with Gasteiger partial charge in [0.15, 0.2) is 5.58 Å². The first-order chi connectivity index (χ1) is 29.7. The maximum Gasteiger partial charge on any atom is 0.227 e. The Morgan fingerprint density at radius 2 is 0.833 bits per heavy atom. The lowest BCUT2D eigenvalue weighted by atomic mass is 10.00. The second-order valence-electron chi connectivity index (χ2n) is 15.1. The Balaban J connectivity index is 0.985. The summed E-state index contributed by atoms with van der Waals surface area (Å²) in [5.74, 6) is 0.575. The minimum atomic E-state index is 0.575. The lowest BCUT2D eigenvalue weighted by Crippen LogP contribution is -2.09. The Kier molecular flexibility index (Phi) is 7.78. The van der Waals surface area contributed by atoms with Crippen LogP contribution in [0.2, 0.25) is 0 Å². The zero-order valence-electron chi connectivity index (χ0n) is 32.2. The van der Waals surface area contributed by atoms with Crippen molar-refractivity contribution < 1.29 is 13.3 Å². The highest BCUT2D eigenvalue weighted by Gasteiger charge is 2.22. The molecular weight excluding hydrogens is 737 g/mol. The quantitative estimate of drug-likeness (QED) is 0.162. The lowest BCUT2D eigenvalue weighted by molar-refractivity contribution is 0.619. The third kappa shape index (κ3) is 5.59. The van der Waals surface area contributed by atoms with Gasteiger partial charge in [0.05, 0.1) is 5.56 Å². The van der Waals surface area contributed by atoms with Gasteiger partial charge in [0.1, 0.15) is 27.8 Å². The summed E-state index contributed by atoms with van der Waals surface area (Å²) in [6.07, 6.45) is 0. The molecule has 3 aromatic heterocycles. The van der Waals surface area contributed by atoms with Crippen molar-refractivity contribution in [3.63, 3.8) is 0 Å². The second kappa shape index (κ2) is 13.8. The summed E-state index contributed by atoms with van der Waals surface area (Å²) in [5.41, 5.74) is 15.2. The van der Waals surface area contributed by atoms with Gasteiger partial charge in [-0.2, -0.15) is 0 Å². The number of hydrogen-bond donors (Lipinski definition) is 0. The molecule has 3 heterocycles. The number of hydrogen-bond acceptors (Lipinski definition) is 5. The number of anilines is 3. The summed E-state index contributed by atoms with van der Waals surface area (Å²) in [5, 5.41) is 4.28. The van der Waals surface area contributed by atoms with Crippen molar-refractivity contribution in [2.75, 3.05) is 4.90 Å².